The number of hydrogen-bond donors (Lipinski definition) is 1. The highest BCUT2D eigenvalue weighted by atomic mass is 15.3. The summed E-state index contributed by atoms with van der Waals surface area (Å²) in [6.07, 6.45) is 0.810. The monoisotopic (exact) mass is 218 g/mol. The van der Waals surface area contributed by atoms with Crippen molar-refractivity contribution < 1.29 is 0 Å². The van der Waals surface area contributed by atoms with Crippen molar-refractivity contribution >= 4 is 5.65 Å². The zero-order valence-corrected chi connectivity index (χ0v) is 10.1. The number of pyridine rings is 1. The van der Waals surface area contributed by atoms with Crippen molar-refractivity contribution in [3.8, 4) is 0 Å². The van der Waals surface area contributed by atoms with Gasteiger partial charge in [0.1, 0.15) is 0 Å². The highest BCUT2D eigenvalue weighted by molar-refractivity contribution is 5.38. The van der Waals surface area contributed by atoms with E-state index >= 15 is 0 Å². The average Bonchev–Trinajstić information content (AvgIpc) is 2.61. The number of fused-ring (bicyclic) bond motifs is 1. The van der Waals surface area contributed by atoms with Crippen LogP contribution in [0.15, 0.2) is 18.2 Å². The first-order chi connectivity index (χ1) is 7.52. The molecule has 0 amide bonds. The number of rotatable bonds is 3. The molecule has 86 valence electrons. The van der Waals surface area contributed by atoms with Gasteiger partial charge in [0.2, 0.25) is 0 Å². The maximum Gasteiger partial charge on any atom is 0.155 e. The van der Waals surface area contributed by atoms with Crippen LogP contribution in [-0.2, 0) is 6.42 Å². The van der Waals surface area contributed by atoms with E-state index in [1.807, 2.05) is 29.6 Å². The minimum atomic E-state index is 0.0544. The Labute approximate surface area is 95.5 Å². The lowest BCUT2D eigenvalue weighted by atomic mass is 9.89. The van der Waals surface area contributed by atoms with Gasteiger partial charge in [-0.15, -0.1) is 0 Å². The van der Waals surface area contributed by atoms with E-state index in [9.17, 15) is 0 Å². The fourth-order valence-corrected chi connectivity index (χ4v) is 1.66. The van der Waals surface area contributed by atoms with Crippen molar-refractivity contribution in [2.24, 2.45) is 11.1 Å². The van der Waals surface area contributed by atoms with E-state index in [4.69, 9.17) is 5.73 Å². The van der Waals surface area contributed by atoms with Gasteiger partial charge >= 0.3 is 0 Å². The highest BCUT2D eigenvalue weighted by Crippen LogP contribution is 2.18. The summed E-state index contributed by atoms with van der Waals surface area (Å²) in [7, 11) is 0. The third-order valence-electron chi connectivity index (χ3n) is 2.78. The zero-order valence-electron chi connectivity index (χ0n) is 10.1. The van der Waals surface area contributed by atoms with Crippen molar-refractivity contribution in [3.05, 3.63) is 29.7 Å². The first kappa shape index (κ1) is 11.1. The molecule has 2 heterocycles. The van der Waals surface area contributed by atoms with E-state index in [1.165, 1.54) is 0 Å². The van der Waals surface area contributed by atoms with Gasteiger partial charge in [0, 0.05) is 12.1 Å². The molecule has 16 heavy (non-hydrogen) atoms. The molecule has 4 nitrogen and oxygen atoms in total. The van der Waals surface area contributed by atoms with Crippen LogP contribution < -0.4 is 5.73 Å². The summed E-state index contributed by atoms with van der Waals surface area (Å²) in [5.41, 5.74) is 7.77. The summed E-state index contributed by atoms with van der Waals surface area (Å²) in [4.78, 5) is 4.50. The molecule has 0 aliphatic rings. The smallest absolute Gasteiger partial charge is 0.155 e. The minimum absolute atomic E-state index is 0.0544. The summed E-state index contributed by atoms with van der Waals surface area (Å²) >= 11 is 0. The molecule has 0 aliphatic heterocycles. The van der Waals surface area contributed by atoms with E-state index in [0.717, 1.165) is 23.6 Å². The highest BCUT2D eigenvalue weighted by Gasteiger charge is 2.19. The molecular formula is C12H18N4. The molecule has 2 aromatic rings. The second-order valence-corrected chi connectivity index (χ2v) is 5.01. The average molecular weight is 218 g/mol. The van der Waals surface area contributed by atoms with Gasteiger partial charge < -0.3 is 5.73 Å². The zero-order chi connectivity index (χ0) is 11.8. The van der Waals surface area contributed by atoms with Gasteiger partial charge in [0.25, 0.3) is 0 Å². The van der Waals surface area contributed by atoms with Crippen LogP contribution in [0, 0.1) is 12.3 Å². The molecule has 0 saturated heterocycles. The predicted molar refractivity (Wildman–Crippen MR) is 64.3 cm³/mol. The van der Waals surface area contributed by atoms with Crippen LogP contribution >= 0.6 is 0 Å². The topological polar surface area (TPSA) is 56.2 Å². The molecule has 0 bridgehead atoms. The van der Waals surface area contributed by atoms with E-state index in [0.29, 0.717) is 6.54 Å². The van der Waals surface area contributed by atoms with Gasteiger partial charge in [-0.1, -0.05) is 19.9 Å². The SMILES string of the molecule is Cc1cccc2nc(CC(C)(C)CN)nn12. The number of nitrogens with zero attached hydrogens (tertiary/aromatic N) is 3. The predicted octanol–water partition coefficient (Wildman–Crippen LogP) is 1.57. The Morgan fingerprint density at radius 1 is 1.38 bits per heavy atom. The van der Waals surface area contributed by atoms with Crippen LogP contribution in [0.25, 0.3) is 5.65 Å². The summed E-state index contributed by atoms with van der Waals surface area (Å²) in [5, 5.41) is 4.50. The normalized spacial score (nSPS) is 12.2. The van der Waals surface area contributed by atoms with E-state index in [2.05, 4.69) is 23.9 Å². The van der Waals surface area contributed by atoms with Crippen molar-refractivity contribution in [1.82, 2.24) is 14.6 Å². The molecule has 2 aromatic heterocycles. The van der Waals surface area contributed by atoms with Gasteiger partial charge in [0.15, 0.2) is 11.5 Å². The lowest BCUT2D eigenvalue weighted by molar-refractivity contribution is 0.368. The Hall–Kier alpha value is -1.42. The molecule has 4 heteroatoms. The molecule has 0 fully saturated rings. The van der Waals surface area contributed by atoms with Crippen LogP contribution in [0.5, 0.6) is 0 Å². The van der Waals surface area contributed by atoms with Crippen LogP contribution in [-0.4, -0.2) is 21.1 Å². The number of aryl methyl sites for hydroxylation is 1. The Morgan fingerprint density at radius 3 is 2.75 bits per heavy atom. The van der Waals surface area contributed by atoms with Crippen LogP contribution in [0.2, 0.25) is 0 Å². The van der Waals surface area contributed by atoms with Crippen LogP contribution in [0.1, 0.15) is 25.4 Å². The second kappa shape index (κ2) is 3.87. The number of hydrogen-bond acceptors (Lipinski definition) is 3. The number of nitrogens with two attached hydrogens (primary N) is 1. The molecule has 0 atom stereocenters. The molecule has 2 N–H and O–H groups in total. The Kier molecular flexibility index (Phi) is 2.68. The van der Waals surface area contributed by atoms with Crippen molar-refractivity contribution in [2.75, 3.05) is 6.54 Å². The molecule has 0 spiro atoms. The molecule has 0 saturated carbocycles. The first-order valence-electron chi connectivity index (χ1n) is 5.53. The summed E-state index contributed by atoms with van der Waals surface area (Å²) in [5.74, 6) is 0.866. The lowest BCUT2D eigenvalue weighted by Gasteiger charge is -2.19. The van der Waals surface area contributed by atoms with E-state index < -0.39 is 0 Å². The maximum atomic E-state index is 5.72. The summed E-state index contributed by atoms with van der Waals surface area (Å²) in [6, 6.07) is 6.00. The van der Waals surface area contributed by atoms with Crippen LogP contribution in [0.4, 0.5) is 0 Å². The first-order valence-corrected chi connectivity index (χ1v) is 5.53. The largest absolute Gasteiger partial charge is 0.330 e. The lowest BCUT2D eigenvalue weighted by Crippen LogP contribution is -2.26. The van der Waals surface area contributed by atoms with E-state index in [-0.39, 0.29) is 5.41 Å². The molecular weight excluding hydrogens is 200 g/mol. The second-order valence-electron chi connectivity index (χ2n) is 5.01. The molecule has 0 unspecified atom stereocenters. The van der Waals surface area contributed by atoms with Crippen molar-refractivity contribution in [1.29, 1.82) is 0 Å². The summed E-state index contributed by atoms with van der Waals surface area (Å²) < 4.78 is 1.88. The third-order valence-corrected chi connectivity index (χ3v) is 2.78. The van der Waals surface area contributed by atoms with Gasteiger partial charge in [-0.3, -0.25) is 0 Å². The fraction of sp³-hybridized carbons (Fsp3) is 0.500. The van der Waals surface area contributed by atoms with Gasteiger partial charge in [-0.05, 0) is 31.0 Å². The van der Waals surface area contributed by atoms with Crippen molar-refractivity contribution in [3.63, 3.8) is 0 Å². The number of aromatic nitrogens is 3. The Bertz CT molecular complexity index is 499. The summed E-state index contributed by atoms with van der Waals surface area (Å²) in [6.45, 7) is 6.93. The fourth-order valence-electron chi connectivity index (χ4n) is 1.66. The van der Waals surface area contributed by atoms with Gasteiger partial charge in [-0.2, -0.15) is 5.10 Å². The van der Waals surface area contributed by atoms with Gasteiger partial charge in [0.05, 0.1) is 0 Å². The van der Waals surface area contributed by atoms with Crippen LogP contribution in [0.3, 0.4) is 0 Å². The Morgan fingerprint density at radius 2 is 2.12 bits per heavy atom. The Balaban J connectivity index is 2.37. The third kappa shape index (κ3) is 2.07. The standard InChI is InChI=1S/C12H18N4/c1-9-5-4-6-11-14-10(15-16(9)11)7-12(2,3)8-13/h4-6H,7-8,13H2,1-3H3. The molecule has 0 aromatic carbocycles. The molecule has 0 aliphatic carbocycles. The quantitative estimate of drug-likeness (QED) is 0.850. The van der Waals surface area contributed by atoms with Gasteiger partial charge in [-0.25, -0.2) is 9.50 Å². The maximum absolute atomic E-state index is 5.72. The van der Waals surface area contributed by atoms with E-state index in [1.54, 1.807) is 0 Å². The van der Waals surface area contributed by atoms with Crippen molar-refractivity contribution in [2.45, 2.75) is 27.2 Å². The molecule has 2 rings (SSSR count). The minimum Gasteiger partial charge on any atom is -0.330 e. The molecule has 0 radical (unpaired) electrons.